The minimum atomic E-state index is -0.390. The molecule has 0 fully saturated rings. The first-order valence-corrected chi connectivity index (χ1v) is 3.96. The maximum absolute atomic E-state index is 12.8. The van der Waals surface area contributed by atoms with Crippen LogP contribution in [-0.4, -0.2) is 16.1 Å². The Kier molecular flexibility index (Phi) is 1.92. The van der Waals surface area contributed by atoms with Crippen molar-refractivity contribution in [2.24, 2.45) is 5.16 Å². The lowest BCUT2D eigenvalue weighted by Crippen LogP contribution is -1.94. The molecule has 2 aromatic rings. The number of fused-ring (bicyclic) bond motifs is 1. The molecule has 2 rings (SSSR count). The van der Waals surface area contributed by atoms with Gasteiger partial charge in [0, 0.05) is 6.07 Å². The number of hydrogen-bond acceptors (Lipinski definition) is 4. The Bertz CT molecular complexity index is 504. The van der Waals surface area contributed by atoms with Crippen LogP contribution in [0.2, 0.25) is 0 Å². The van der Waals surface area contributed by atoms with Gasteiger partial charge in [0.15, 0.2) is 5.58 Å². The van der Waals surface area contributed by atoms with Crippen LogP contribution in [0.5, 0.6) is 0 Å². The highest BCUT2D eigenvalue weighted by atomic mass is 19.1. The van der Waals surface area contributed by atoms with Crippen LogP contribution in [0.15, 0.2) is 27.9 Å². The summed E-state index contributed by atoms with van der Waals surface area (Å²) in [5.41, 5.74) is 1.08. The van der Waals surface area contributed by atoms with Gasteiger partial charge in [0.2, 0.25) is 0 Å². The summed E-state index contributed by atoms with van der Waals surface area (Å²) in [5.74, 6) is -0.390. The van der Waals surface area contributed by atoms with E-state index in [0.29, 0.717) is 22.4 Å². The summed E-state index contributed by atoms with van der Waals surface area (Å²) >= 11 is 0. The molecule has 0 bridgehead atoms. The molecule has 1 aromatic carbocycles. The molecule has 1 N–H and O–H groups in total. The van der Waals surface area contributed by atoms with E-state index in [2.05, 4.69) is 10.3 Å². The summed E-state index contributed by atoms with van der Waals surface area (Å²) in [6, 6.07) is 4.06. The van der Waals surface area contributed by atoms with Gasteiger partial charge < -0.3 is 9.73 Å². The smallest absolute Gasteiger partial charge is 0.170 e. The molecule has 4 nitrogen and oxygen atoms in total. The van der Waals surface area contributed by atoms with Crippen LogP contribution < -0.4 is 0 Å². The largest absolute Gasteiger partial charge is 0.411 e. The highest BCUT2D eigenvalue weighted by Gasteiger charge is 2.11. The van der Waals surface area contributed by atoms with Crippen molar-refractivity contribution in [1.82, 2.24) is 5.16 Å². The third-order valence-corrected chi connectivity index (χ3v) is 1.93. The molecule has 0 amide bonds. The van der Waals surface area contributed by atoms with Crippen LogP contribution in [0, 0.1) is 5.82 Å². The Morgan fingerprint density at radius 2 is 2.36 bits per heavy atom. The molecule has 0 aliphatic heterocycles. The van der Waals surface area contributed by atoms with Crippen molar-refractivity contribution in [3.05, 3.63) is 29.7 Å². The number of aromatic nitrogens is 1. The van der Waals surface area contributed by atoms with Gasteiger partial charge in [0.05, 0.1) is 5.39 Å². The van der Waals surface area contributed by atoms with Crippen molar-refractivity contribution in [1.29, 1.82) is 0 Å². The standard InChI is InChI=1S/C9H7FN2O2/c1-5(11-13)9-7-3-2-6(10)4-8(7)14-12-9/h2-4,13H,1H3/b11-5-. The second kappa shape index (κ2) is 3.10. The molecule has 72 valence electrons. The molecular weight excluding hydrogens is 187 g/mol. The zero-order chi connectivity index (χ0) is 10.1. The van der Waals surface area contributed by atoms with E-state index in [1.807, 2.05) is 0 Å². The normalized spacial score (nSPS) is 12.3. The number of oxime groups is 1. The van der Waals surface area contributed by atoms with Gasteiger partial charge in [-0.2, -0.15) is 0 Å². The van der Waals surface area contributed by atoms with Gasteiger partial charge in [-0.05, 0) is 19.1 Å². The van der Waals surface area contributed by atoms with E-state index in [4.69, 9.17) is 9.73 Å². The lowest BCUT2D eigenvalue weighted by atomic mass is 10.1. The maximum atomic E-state index is 12.8. The van der Waals surface area contributed by atoms with E-state index in [-0.39, 0.29) is 0 Å². The lowest BCUT2D eigenvalue weighted by Gasteiger charge is -1.91. The Hall–Kier alpha value is -1.91. The predicted molar refractivity (Wildman–Crippen MR) is 48.0 cm³/mol. The highest BCUT2D eigenvalue weighted by molar-refractivity contribution is 6.06. The van der Waals surface area contributed by atoms with Gasteiger partial charge in [0.25, 0.3) is 0 Å². The second-order valence-electron chi connectivity index (χ2n) is 2.86. The topological polar surface area (TPSA) is 58.6 Å². The van der Waals surface area contributed by atoms with Gasteiger partial charge >= 0.3 is 0 Å². The Morgan fingerprint density at radius 1 is 1.57 bits per heavy atom. The first kappa shape index (κ1) is 8.68. The number of hydrogen-bond donors (Lipinski definition) is 1. The second-order valence-corrected chi connectivity index (χ2v) is 2.86. The number of benzene rings is 1. The van der Waals surface area contributed by atoms with Gasteiger partial charge in [-0.3, -0.25) is 0 Å². The van der Waals surface area contributed by atoms with Gasteiger partial charge in [-0.15, -0.1) is 0 Å². The quantitative estimate of drug-likeness (QED) is 0.430. The minimum absolute atomic E-state index is 0.329. The Labute approximate surface area is 78.6 Å². The fourth-order valence-electron chi connectivity index (χ4n) is 1.22. The van der Waals surface area contributed by atoms with Crippen molar-refractivity contribution in [3.63, 3.8) is 0 Å². The lowest BCUT2D eigenvalue weighted by molar-refractivity contribution is 0.318. The number of rotatable bonds is 1. The number of halogens is 1. The summed E-state index contributed by atoms with van der Waals surface area (Å²) in [5, 5.41) is 15.9. The molecular formula is C9H7FN2O2. The van der Waals surface area contributed by atoms with E-state index >= 15 is 0 Å². The Balaban J connectivity index is 2.70. The van der Waals surface area contributed by atoms with E-state index in [0.717, 1.165) is 0 Å². The van der Waals surface area contributed by atoms with Gasteiger partial charge in [0.1, 0.15) is 17.2 Å². The third-order valence-electron chi connectivity index (χ3n) is 1.93. The van der Waals surface area contributed by atoms with Crippen LogP contribution >= 0.6 is 0 Å². The van der Waals surface area contributed by atoms with Crippen molar-refractivity contribution in [3.8, 4) is 0 Å². The summed E-state index contributed by atoms with van der Waals surface area (Å²) < 4.78 is 17.6. The maximum Gasteiger partial charge on any atom is 0.170 e. The minimum Gasteiger partial charge on any atom is -0.411 e. The zero-order valence-electron chi connectivity index (χ0n) is 7.36. The fraction of sp³-hybridized carbons (Fsp3) is 0.111. The average Bonchev–Trinajstić information content (AvgIpc) is 2.59. The highest BCUT2D eigenvalue weighted by Crippen LogP contribution is 2.19. The first-order chi connectivity index (χ1) is 6.72. The summed E-state index contributed by atoms with van der Waals surface area (Å²) in [4.78, 5) is 0. The van der Waals surface area contributed by atoms with Crippen molar-refractivity contribution in [2.45, 2.75) is 6.92 Å². The van der Waals surface area contributed by atoms with E-state index in [1.165, 1.54) is 18.2 Å². The van der Waals surface area contributed by atoms with Crippen molar-refractivity contribution in [2.75, 3.05) is 0 Å². The number of nitrogens with zero attached hydrogens (tertiary/aromatic N) is 2. The van der Waals surface area contributed by atoms with E-state index < -0.39 is 5.82 Å². The van der Waals surface area contributed by atoms with Crippen LogP contribution in [-0.2, 0) is 0 Å². The molecule has 1 aromatic heterocycles. The molecule has 0 spiro atoms. The van der Waals surface area contributed by atoms with Crippen LogP contribution in [0.1, 0.15) is 12.6 Å². The molecule has 0 saturated heterocycles. The van der Waals surface area contributed by atoms with Crippen molar-refractivity contribution >= 4 is 16.7 Å². The molecule has 0 radical (unpaired) electrons. The summed E-state index contributed by atoms with van der Waals surface area (Å²) in [6.45, 7) is 1.58. The van der Waals surface area contributed by atoms with E-state index in [9.17, 15) is 4.39 Å². The third kappa shape index (κ3) is 1.22. The first-order valence-electron chi connectivity index (χ1n) is 3.96. The van der Waals surface area contributed by atoms with E-state index in [1.54, 1.807) is 6.92 Å². The average molecular weight is 194 g/mol. The van der Waals surface area contributed by atoms with Crippen LogP contribution in [0.4, 0.5) is 4.39 Å². The SMILES string of the molecule is C/C(=N/O)c1noc2cc(F)ccc12. The molecule has 0 saturated carbocycles. The van der Waals surface area contributed by atoms with Crippen LogP contribution in [0.3, 0.4) is 0 Å². The fourth-order valence-corrected chi connectivity index (χ4v) is 1.22. The monoisotopic (exact) mass is 194 g/mol. The molecule has 1 heterocycles. The molecule has 0 aliphatic carbocycles. The summed E-state index contributed by atoms with van der Waals surface area (Å²) in [6.07, 6.45) is 0. The predicted octanol–water partition coefficient (Wildman–Crippen LogP) is 2.17. The van der Waals surface area contributed by atoms with Gasteiger partial charge in [-0.1, -0.05) is 10.3 Å². The molecule has 14 heavy (non-hydrogen) atoms. The molecule has 0 unspecified atom stereocenters. The zero-order valence-corrected chi connectivity index (χ0v) is 7.36. The van der Waals surface area contributed by atoms with Crippen molar-refractivity contribution < 1.29 is 14.1 Å². The summed E-state index contributed by atoms with van der Waals surface area (Å²) in [7, 11) is 0. The molecule has 5 heteroatoms. The van der Waals surface area contributed by atoms with Gasteiger partial charge in [-0.25, -0.2) is 4.39 Å². The molecule has 0 aliphatic rings. The Morgan fingerprint density at radius 3 is 3.07 bits per heavy atom. The molecule has 0 atom stereocenters. The van der Waals surface area contributed by atoms with Crippen LogP contribution in [0.25, 0.3) is 11.0 Å².